The molecule has 1 heterocycles. The molecule has 1 saturated heterocycles. The molecule has 0 radical (unpaired) electrons. The van der Waals surface area contributed by atoms with E-state index in [2.05, 4.69) is 5.32 Å². The van der Waals surface area contributed by atoms with Crippen LogP contribution < -0.4 is 10.1 Å². The van der Waals surface area contributed by atoms with Crippen molar-refractivity contribution in [2.75, 3.05) is 25.0 Å². The number of aryl methyl sites for hydroxylation is 2. The van der Waals surface area contributed by atoms with E-state index >= 15 is 0 Å². The summed E-state index contributed by atoms with van der Waals surface area (Å²) < 4.78 is 32.3. The first kappa shape index (κ1) is 20.4. The Morgan fingerprint density at radius 1 is 1.00 bits per heavy atom. The second-order valence-electron chi connectivity index (χ2n) is 7.07. The van der Waals surface area contributed by atoms with Crippen molar-refractivity contribution < 1.29 is 17.9 Å². The van der Waals surface area contributed by atoms with Crippen LogP contribution >= 0.6 is 0 Å². The average Bonchev–Trinajstić information content (AvgIpc) is 2.70. The average molecular weight is 403 g/mol. The smallest absolute Gasteiger partial charge is 0.262 e. The van der Waals surface area contributed by atoms with E-state index in [0.717, 1.165) is 30.4 Å². The highest BCUT2D eigenvalue weighted by Gasteiger charge is 2.25. The molecular weight excluding hydrogens is 376 g/mol. The lowest BCUT2D eigenvalue weighted by Gasteiger charge is -2.25. The van der Waals surface area contributed by atoms with Crippen LogP contribution in [-0.4, -0.2) is 38.3 Å². The van der Waals surface area contributed by atoms with Crippen LogP contribution in [0, 0.1) is 13.8 Å². The molecule has 6 nitrogen and oxygen atoms in total. The summed E-state index contributed by atoms with van der Waals surface area (Å²) in [5, 5.41) is 2.72. The highest BCUT2D eigenvalue weighted by atomic mass is 32.2. The Morgan fingerprint density at radius 3 is 2.32 bits per heavy atom. The molecule has 3 rings (SSSR count). The topological polar surface area (TPSA) is 75.7 Å². The normalized spacial score (nSPS) is 15.2. The third-order valence-electron chi connectivity index (χ3n) is 4.94. The molecule has 0 saturated carbocycles. The number of anilines is 1. The molecule has 0 bridgehead atoms. The molecule has 1 N–H and O–H groups in total. The Kier molecular flexibility index (Phi) is 6.36. The number of benzene rings is 2. The van der Waals surface area contributed by atoms with E-state index in [0.29, 0.717) is 24.5 Å². The molecular formula is C21H26N2O4S. The Hall–Kier alpha value is -2.38. The maximum Gasteiger partial charge on any atom is 0.262 e. The van der Waals surface area contributed by atoms with Gasteiger partial charge in [0.1, 0.15) is 5.75 Å². The third kappa shape index (κ3) is 4.91. The van der Waals surface area contributed by atoms with E-state index in [9.17, 15) is 13.2 Å². The van der Waals surface area contributed by atoms with Gasteiger partial charge >= 0.3 is 0 Å². The van der Waals surface area contributed by atoms with Gasteiger partial charge in [-0.05, 0) is 74.2 Å². The zero-order valence-electron chi connectivity index (χ0n) is 16.3. The highest BCUT2D eigenvalue weighted by Crippen LogP contribution is 2.22. The van der Waals surface area contributed by atoms with Crippen molar-refractivity contribution in [3.63, 3.8) is 0 Å². The van der Waals surface area contributed by atoms with E-state index in [1.807, 2.05) is 32.0 Å². The number of hydrogen-bond donors (Lipinski definition) is 1. The Bertz CT molecular complexity index is 933. The van der Waals surface area contributed by atoms with Crippen molar-refractivity contribution >= 4 is 21.6 Å². The van der Waals surface area contributed by atoms with E-state index in [1.54, 1.807) is 12.1 Å². The number of nitrogens with zero attached hydrogens (tertiary/aromatic N) is 1. The summed E-state index contributed by atoms with van der Waals surface area (Å²) in [4.78, 5) is 12.4. The number of hydrogen-bond acceptors (Lipinski definition) is 4. The van der Waals surface area contributed by atoms with Gasteiger partial charge in [0, 0.05) is 18.8 Å². The second kappa shape index (κ2) is 8.75. The quantitative estimate of drug-likeness (QED) is 0.802. The number of sulfonamides is 1. The molecule has 1 amide bonds. The van der Waals surface area contributed by atoms with Crippen LogP contribution in [0.15, 0.2) is 47.4 Å². The highest BCUT2D eigenvalue weighted by molar-refractivity contribution is 7.89. The van der Waals surface area contributed by atoms with Crippen molar-refractivity contribution in [1.82, 2.24) is 4.31 Å². The zero-order chi connectivity index (χ0) is 20.1. The summed E-state index contributed by atoms with van der Waals surface area (Å²) >= 11 is 0. The van der Waals surface area contributed by atoms with Crippen LogP contribution in [0.5, 0.6) is 5.75 Å². The summed E-state index contributed by atoms with van der Waals surface area (Å²) in [6, 6.07) is 11.9. The van der Waals surface area contributed by atoms with E-state index in [4.69, 9.17) is 4.74 Å². The first-order chi connectivity index (χ1) is 13.4. The number of nitrogens with one attached hydrogen (secondary N) is 1. The van der Waals surface area contributed by atoms with Crippen LogP contribution in [0.1, 0.15) is 30.4 Å². The van der Waals surface area contributed by atoms with Gasteiger partial charge in [-0.15, -0.1) is 0 Å². The van der Waals surface area contributed by atoms with Gasteiger partial charge in [-0.1, -0.05) is 12.5 Å². The lowest BCUT2D eigenvalue weighted by molar-refractivity contribution is -0.118. The van der Waals surface area contributed by atoms with E-state index < -0.39 is 10.0 Å². The molecule has 1 aliphatic heterocycles. The standard InChI is InChI=1S/C21H26N2O4S/c1-16-6-9-19(14-17(16)2)27-15-21(24)22-18-7-10-20(11-8-18)28(25,26)23-12-4-3-5-13-23/h6-11,14H,3-5,12-13,15H2,1-2H3,(H,22,24). The number of carbonyl (C=O) groups is 1. The number of ether oxygens (including phenoxy) is 1. The number of piperidine rings is 1. The summed E-state index contributed by atoms with van der Waals surface area (Å²) in [7, 11) is -3.47. The molecule has 0 aromatic heterocycles. The van der Waals surface area contributed by atoms with Crippen molar-refractivity contribution in [3.8, 4) is 5.75 Å². The fourth-order valence-electron chi connectivity index (χ4n) is 3.11. The molecule has 150 valence electrons. The molecule has 28 heavy (non-hydrogen) atoms. The van der Waals surface area contributed by atoms with Gasteiger partial charge in [-0.25, -0.2) is 8.42 Å². The molecule has 1 fully saturated rings. The molecule has 7 heteroatoms. The molecule has 0 unspecified atom stereocenters. The van der Waals surface area contributed by atoms with Crippen LogP contribution in [0.25, 0.3) is 0 Å². The minimum Gasteiger partial charge on any atom is -0.484 e. The van der Waals surface area contributed by atoms with E-state index in [1.165, 1.54) is 16.4 Å². The largest absolute Gasteiger partial charge is 0.484 e. The van der Waals surface area contributed by atoms with Crippen LogP contribution in [0.3, 0.4) is 0 Å². The fourth-order valence-corrected chi connectivity index (χ4v) is 4.63. The molecule has 0 spiro atoms. The summed E-state index contributed by atoms with van der Waals surface area (Å²) in [6.07, 6.45) is 2.86. The second-order valence-corrected chi connectivity index (χ2v) is 9.01. The molecule has 0 aliphatic carbocycles. The predicted molar refractivity (Wildman–Crippen MR) is 109 cm³/mol. The van der Waals surface area contributed by atoms with E-state index in [-0.39, 0.29) is 17.4 Å². The van der Waals surface area contributed by atoms with Gasteiger partial charge in [0.05, 0.1) is 4.90 Å². The van der Waals surface area contributed by atoms with Crippen LogP contribution in [-0.2, 0) is 14.8 Å². The number of amides is 1. The lowest BCUT2D eigenvalue weighted by atomic mass is 10.1. The first-order valence-electron chi connectivity index (χ1n) is 9.46. The fraction of sp³-hybridized carbons (Fsp3) is 0.381. The maximum absolute atomic E-state index is 12.7. The van der Waals surface area contributed by atoms with Crippen LogP contribution in [0.2, 0.25) is 0 Å². The zero-order valence-corrected chi connectivity index (χ0v) is 17.1. The summed E-state index contributed by atoms with van der Waals surface area (Å²) in [5.74, 6) is 0.339. The van der Waals surface area contributed by atoms with Gasteiger partial charge < -0.3 is 10.1 Å². The molecule has 2 aromatic rings. The predicted octanol–water partition coefficient (Wildman–Crippen LogP) is 3.50. The summed E-state index contributed by atoms with van der Waals surface area (Å²) in [5.41, 5.74) is 2.80. The number of rotatable bonds is 6. The lowest BCUT2D eigenvalue weighted by Crippen LogP contribution is -2.35. The minimum absolute atomic E-state index is 0.115. The Labute approximate surface area is 166 Å². The van der Waals surface area contributed by atoms with Crippen LogP contribution in [0.4, 0.5) is 5.69 Å². The monoisotopic (exact) mass is 402 g/mol. The maximum atomic E-state index is 12.7. The van der Waals surface area contributed by atoms with Gasteiger partial charge in [0.2, 0.25) is 10.0 Å². The summed E-state index contributed by atoms with van der Waals surface area (Å²) in [6.45, 7) is 5.02. The third-order valence-corrected chi connectivity index (χ3v) is 6.85. The Morgan fingerprint density at radius 2 is 1.68 bits per heavy atom. The van der Waals surface area contributed by atoms with Crippen molar-refractivity contribution in [1.29, 1.82) is 0 Å². The van der Waals surface area contributed by atoms with Gasteiger partial charge in [0.25, 0.3) is 5.91 Å². The van der Waals surface area contributed by atoms with Crippen molar-refractivity contribution in [3.05, 3.63) is 53.6 Å². The first-order valence-corrected chi connectivity index (χ1v) is 10.9. The van der Waals surface area contributed by atoms with Gasteiger partial charge in [-0.3, -0.25) is 4.79 Å². The number of carbonyl (C=O) groups excluding carboxylic acids is 1. The molecule has 0 atom stereocenters. The van der Waals surface area contributed by atoms with Gasteiger partial charge in [-0.2, -0.15) is 4.31 Å². The van der Waals surface area contributed by atoms with Gasteiger partial charge in [0.15, 0.2) is 6.61 Å². The SMILES string of the molecule is Cc1ccc(OCC(=O)Nc2ccc(S(=O)(=O)N3CCCCC3)cc2)cc1C. The minimum atomic E-state index is -3.47. The van der Waals surface area contributed by atoms with Crippen molar-refractivity contribution in [2.24, 2.45) is 0 Å². The molecule has 2 aromatic carbocycles. The Balaban J connectivity index is 1.57. The van der Waals surface area contributed by atoms with Crippen molar-refractivity contribution in [2.45, 2.75) is 38.0 Å². The molecule has 1 aliphatic rings.